The number of carbonyl (C=O) groups is 2. The number of rotatable bonds is 6. The Morgan fingerprint density at radius 3 is 1.89 bits per heavy atom. The van der Waals surface area contributed by atoms with Gasteiger partial charge in [-0.15, -0.1) is 0 Å². The van der Waals surface area contributed by atoms with Crippen LogP contribution in [0.3, 0.4) is 0 Å². The largest absolute Gasteiger partial charge is 0.478 e. The number of nitrogens with zero attached hydrogens (tertiary/aromatic N) is 3. The summed E-state index contributed by atoms with van der Waals surface area (Å²) < 4.78 is 0.901. The number of aromatic carboxylic acids is 1. The molecular formula is C27H27BrN4O3. The van der Waals surface area contributed by atoms with Crippen LogP contribution in [-0.2, 0) is 5.54 Å². The number of amides is 1. The Kier molecular flexibility index (Phi) is 11.3. The fourth-order valence-corrected chi connectivity index (χ4v) is 3.40. The van der Waals surface area contributed by atoms with Gasteiger partial charge >= 0.3 is 5.97 Å². The van der Waals surface area contributed by atoms with E-state index < -0.39 is 11.5 Å². The third-order valence-electron chi connectivity index (χ3n) is 4.97. The number of halogens is 1. The van der Waals surface area contributed by atoms with E-state index in [0.717, 1.165) is 23.0 Å². The molecule has 35 heavy (non-hydrogen) atoms. The number of aromatic nitrogens is 1. The van der Waals surface area contributed by atoms with Gasteiger partial charge in [0.15, 0.2) is 0 Å². The molecule has 0 aliphatic heterocycles. The first-order valence-corrected chi connectivity index (χ1v) is 11.2. The molecule has 1 atom stereocenters. The number of hydrogen-bond donors (Lipinski definition) is 2. The molecule has 0 saturated heterocycles. The summed E-state index contributed by atoms with van der Waals surface area (Å²) in [5.74, 6) is -1.15. The fourth-order valence-electron chi connectivity index (χ4n) is 3.16. The minimum absolute atomic E-state index is 0. The van der Waals surface area contributed by atoms with Crippen molar-refractivity contribution in [3.05, 3.63) is 99.3 Å². The van der Waals surface area contributed by atoms with Gasteiger partial charge in [-0.25, -0.2) is 4.79 Å². The van der Waals surface area contributed by atoms with E-state index in [0.29, 0.717) is 16.7 Å². The van der Waals surface area contributed by atoms with Crippen molar-refractivity contribution in [2.75, 3.05) is 0 Å². The molecular weight excluding hydrogens is 508 g/mol. The quantitative estimate of drug-likeness (QED) is 0.396. The SMILES string of the molecule is C.CCCC(C)(NC(=O)c1ccc(C#N)cc1)c1ccc(Br)cn1.N#Cc1ccc(C(=O)O)cc1. The van der Waals surface area contributed by atoms with Crippen LogP contribution in [-0.4, -0.2) is 22.0 Å². The molecule has 1 aromatic heterocycles. The van der Waals surface area contributed by atoms with Crippen LogP contribution < -0.4 is 5.32 Å². The summed E-state index contributed by atoms with van der Waals surface area (Å²) in [7, 11) is 0. The second-order valence-corrected chi connectivity index (χ2v) is 8.50. The maximum Gasteiger partial charge on any atom is 0.335 e. The summed E-state index contributed by atoms with van der Waals surface area (Å²) in [5.41, 5.74) is 2.01. The van der Waals surface area contributed by atoms with Crippen molar-refractivity contribution >= 4 is 27.8 Å². The summed E-state index contributed by atoms with van der Waals surface area (Å²) in [6.07, 6.45) is 3.43. The Morgan fingerprint density at radius 1 is 0.971 bits per heavy atom. The Bertz CT molecular complexity index is 1210. The van der Waals surface area contributed by atoms with E-state index >= 15 is 0 Å². The van der Waals surface area contributed by atoms with Crippen LogP contribution in [0.2, 0.25) is 0 Å². The van der Waals surface area contributed by atoms with Gasteiger partial charge < -0.3 is 10.4 Å². The molecule has 2 N–H and O–H groups in total. The van der Waals surface area contributed by atoms with E-state index in [1.54, 1.807) is 30.5 Å². The molecule has 0 spiro atoms. The van der Waals surface area contributed by atoms with Gasteiger partial charge in [-0.05, 0) is 89.9 Å². The molecule has 0 saturated carbocycles. The van der Waals surface area contributed by atoms with Crippen LogP contribution in [0.25, 0.3) is 0 Å². The maximum absolute atomic E-state index is 12.5. The summed E-state index contributed by atoms with van der Waals surface area (Å²) in [4.78, 5) is 27.3. The summed E-state index contributed by atoms with van der Waals surface area (Å²) >= 11 is 3.38. The minimum Gasteiger partial charge on any atom is -0.478 e. The van der Waals surface area contributed by atoms with E-state index in [2.05, 4.69) is 33.2 Å². The zero-order valence-electron chi connectivity index (χ0n) is 18.7. The lowest BCUT2D eigenvalue weighted by molar-refractivity contribution is 0.0696. The van der Waals surface area contributed by atoms with Crippen molar-refractivity contribution in [2.45, 2.75) is 39.7 Å². The molecule has 1 heterocycles. The van der Waals surface area contributed by atoms with E-state index in [1.807, 2.05) is 31.2 Å². The molecule has 7 nitrogen and oxygen atoms in total. The van der Waals surface area contributed by atoms with E-state index in [1.165, 1.54) is 24.3 Å². The van der Waals surface area contributed by atoms with Gasteiger partial charge in [0.1, 0.15) is 0 Å². The van der Waals surface area contributed by atoms with E-state index in [9.17, 15) is 9.59 Å². The number of nitrogens with one attached hydrogen (secondary N) is 1. The van der Waals surface area contributed by atoms with Crippen molar-refractivity contribution in [1.82, 2.24) is 10.3 Å². The first kappa shape index (κ1) is 29.0. The molecule has 0 aliphatic carbocycles. The average molecular weight is 535 g/mol. The predicted molar refractivity (Wildman–Crippen MR) is 138 cm³/mol. The van der Waals surface area contributed by atoms with Crippen molar-refractivity contribution in [3.63, 3.8) is 0 Å². The van der Waals surface area contributed by atoms with Crippen molar-refractivity contribution in [1.29, 1.82) is 10.5 Å². The monoisotopic (exact) mass is 534 g/mol. The Hall–Kier alpha value is -4.01. The minimum atomic E-state index is -0.977. The highest BCUT2D eigenvalue weighted by Crippen LogP contribution is 2.26. The highest BCUT2D eigenvalue weighted by Gasteiger charge is 2.29. The third-order valence-corrected chi connectivity index (χ3v) is 5.44. The van der Waals surface area contributed by atoms with E-state index in [4.69, 9.17) is 15.6 Å². The van der Waals surface area contributed by atoms with Gasteiger partial charge in [0.2, 0.25) is 0 Å². The summed E-state index contributed by atoms with van der Waals surface area (Å²) in [6, 6.07) is 20.2. The third kappa shape index (κ3) is 8.37. The number of carbonyl (C=O) groups excluding carboxylic acids is 1. The highest BCUT2D eigenvalue weighted by molar-refractivity contribution is 9.10. The molecule has 2 aromatic carbocycles. The highest BCUT2D eigenvalue weighted by atomic mass is 79.9. The molecule has 3 rings (SSSR count). The van der Waals surface area contributed by atoms with E-state index in [-0.39, 0.29) is 18.9 Å². The predicted octanol–water partition coefficient (Wildman–Crippen LogP) is 6.05. The molecule has 180 valence electrons. The molecule has 1 unspecified atom stereocenters. The zero-order chi connectivity index (χ0) is 25.1. The topological polar surface area (TPSA) is 127 Å². The smallest absolute Gasteiger partial charge is 0.335 e. The van der Waals surface area contributed by atoms with Gasteiger partial charge in [-0.3, -0.25) is 9.78 Å². The van der Waals surface area contributed by atoms with Crippen molar-refractivity contribution in [3.8, 4) is 12.1 Å². The molecule has 3 aromatic rings. The molecule has 8 heteroatoms. The number of benzene rings is 2. The normalized spacial score (nSPS) is 11.2. The van der Waals surface area contributed by atoms with Crippen LogP contribution in [0.1, 0.15) is 71.7 Å². The van der Waals surface area contributed by atoms with Crippen molar-refractivity contribution < 1.29 is 14.7 Å². The molecule has 0 bridgehead atoms. The lowest BCUT2D eigenvalue weighted by atomic mass is 9.91. The van der Waals surface area contributed by atoms with Crippen LogP contribution in [0.5, 0.6) is 0 Å². The number of hydrogen-bond acceptors (Lipinski definition) is 5. The number of nitriles is 2. The lowest BCUT2D eigenvalue weighted by Gasteiger charge is -2.30. The Labute approximate surface area is 214 Å². The van der Waals surface area contributed by atoms with Gasteiger partial charge in [0.25, 0.3) is 5.91 Å². The molecule has 0 fully saturated rings. The van der Waals surface area contributed by atoms with Crippen LogP contribution in [0, 0.1) is 22.7 Å². The van der Waals surface area contributed by atoms with Crippen LogP contribution in [0.4, 0.5) is 0 Å². The van der Waals surface area contributed by atoms with Crippen LogP contribution >= 0.6 is 15.9 Å². The average Bonchev–Trinajstić information content (AvgIpc) is 2.85. The second-order valence-electron chi connectivity index (χ2n) is 7.58. The Morgan fingerprint density at radius 2 is 1.49 bits per heavy atom. The van der Waals surface area contributed by atoms with Crippen LogP contribution in [0.15, 0.2) is 71.3 Å². The molecule has 1 amide bonds. The number of carboxylic acid groups (broad SMARTS) is 1. The summed E-state index contributed by atoms with van der Waals surface area (Å²) in [6.45, 7) is 4.05. The van der Waals surface area contributed by atoms with Gasteiger partial charge in [-0.2, -0.15) is 10.5 Å². The zero-order valence-corrected chi connectivity index (χ0v) is 20.3. The number of carboxylic acids is 1. The molecule has 0 radical (unpaired) electrons. The van der Waals surface area contributed by atoms with Gasteiger partial charge in [0.05, 0.1) is 40.1 Å². The Balaban J connectivity index is 0.000000430. The number of pyridine rings is 1. The fraction of sp³-hybridized carbons (Fsp3) is 0.222. The molecule has 0 aliphatic rings. The first-order chi connectivity index (χ1) is 16.2. The standard InChI is InChI=1S/C18H18BrN3O.C8H5NO2.CH4/c1-3-10-18(2,16-9-8-15(19)12-21-16)22-17(23)14-6-4-13(11-20)5-7-14;9-5-6-1-3-7(4-2-6)8(10)11;/h4-9,12H,3,10H2,1-2H3,(H,22,23);1-4H,(H,10,11);1H4. The first-order valence-electron chi connectivity index (χ1n) is 10.4. The van der Waals surface area contributed by atoms with Crippen molar-refractivity contribution in [2.24, 2.45) is 0 Å². The summed E-state index contributed by atoms with van der Waals surface area (Å²) in [5, 5.41) is 28.8. The second kappa shape index (κ2) is 13.6. The maximum atomic E-state index is 12.5. The van der Waals surface area contributed by atoms with Gasteiger partial charge in [-0.1, -0.05) is 20.8 Å². The lowest BCUT2D eigenvalue weighted by Crippen LogP contribution is -2.44. The van der Waals surface area contributed by atoms with Gasteiger partial charge in [0, 0.05) is 16.2 Å².